The Labute approximate surface area is 72.1 Å². The van der Waals surface area contributed by atoms with Crippen molar-refractivity contribution in [3.8, 4) is 0 Å². The molecule has 0 aromatic heterocycles. The molecule has 0 radical (unpaired) electrons. The average Bonchev–Trinajstić information content (AvgIpc) is 1.83. The molecule has 0 spiro atoms. The normalized spacial score (nSPS) is 27.9. The molecule has 1 unspecified atom stereocenters. The summed E-state index contributed by atoms with van der Waals surface area (Å²) in [5.74, 6) is -0.965. The average molecular weight is 170 g/mol. The standard InChI is InChI=1S/C9H14O3/c1-6(10)7-4-5-9(2,3)12-8(7)11/h7H,4-5H2,1-3H3. The van der Waals surface area contributed by atoms with E-state index < -0.39 is 5.92 Å². The van der Waals surface area contributed by atoms with E-state index in [0.717, 1.165) is 6.42 Å². The van der Waals surface area contributed by atoms with Crippen LogP contribution in [0.1, 0.15) is 33.6 Å². The summed E-state index contributed by atoms with van der Waals surface area (Å²) >= 11 is 0. The smallest absolute Gasteiger partial charge is 0.316 e. The molecule has 1 fully saturated rings. The van der Waals surface area contributed by atoms with Gasteiger partial charge in [0.15, 0.2) is 0 Å². The fourth-order valence-electron chi connectivity index (χ4n) is 1.37. The molecule has 0 N–H and O–H groups in total. The van der Waals surface area contributed by atoms with Gasteiger partial charge in [0.2, 0.25) is 0 Å². The number of ether oxygens (including phenoxy) is 1. The van der Waals surface area contributed by atoms with Gasteiger partial charge in [-0.05, 0) is 33.6 Å². The van der Waals surface area contributed by atoms with Crippen LogP contribution in [0.4, 0.5) is 0 Å². The lowest BCUT2D eigenvalue weighted by molar-refractivity contribution is -0.171. The number of carbonyl (C=O) groups is 2. The van der Waals surface area contributed by atoms with E-state index in [9.17, 15) is 9.59 Å². The molecule has 0 saturated carbocycles. The van der Waals surface area contributed by atoms with Crippen LogP contribution in [0.3, 0.4) is 0 Å². The molecule has 1 heterocycles. The van der Waals surface area contributed by atoms with E-state index in [0.29, 0.717) is 6.42 Å². The molecule has 0 bridgehead atoms. The summed E-state index contributed by atoms with van der Waals surface area (Å²) in [5, 5.41) is 0. The largest absolute Gasteiger partial charge is 0.459 e. The molecule has 1 aliphatic heterocycles. The summed E-state index contributed by atoms with van der Waals surface area (Å²) in [4.78, 5) is 22.1. The topological polar surface area (TPSA) is 43.4 Å². The Kier molecular flexibility index (Phi) is 2.22. The van der Waals surface area contributed by atoms with E-state index in [-0.39, 0.29) is 17.4 Å². The Hall–Kier alpha value is -0.860. The summed E-state index contributed by atoms with van der Waals surface area (Å²) in [5.41, 5.74) is -0.386. The number of ketones is 1. The summed E-state index contributed by atoms with van der Waals surface area (Å²) in [6.07, 6.45) is 1.39. The quantitative estimate of drug-likeness (QED) is 0.440. The summed E-state index contributed by atoms with van der Waals surface area (Å²) in [7, 11) is 0. The lowest BCUT2D eigenvalue weighted by Crippen LogP contribution is -2.40. The van der Waals surface area contributed by atoms with E-state index in [1.807, 2.05) is 13.8 Å². The van der Waals surface area contributed by atoms with Crippen LogP contribution in [0, 0.1) is 5.92 Å². The van der Waals surface area contributed by atoms with Crippen molar-refractivity contribution in [2.24, 2.45) is 5.92 Å². The zero-order chi connectivity index (χ0) is 9.35. The molecule has 0 aromatic rings. The third-order valence-electron chi connectivity index (χ3n) is 2.19. The minimum absolute atomic E-state index is 0.0875. The molecule has 12 heavy (non-hydrogen) atoms. The highest BCUT2D eigenvalue weighted by molar-refractivity contribution is 5.98. The van der Waals surface area contributed by atoms with Gasteiger partial charge in [-0.3, -0.25) is 9.59 Å². The van der Waals surface area contributed by atoms with Crippen LogP contribution in [0.5, 0.6) is 0 Å². The van der Waals surface area contributed by atoms with Gasteiger partial charge in [0.05, 0.1) is 0 Å². The molecule has 68 valence electrons. The van der Waals surface area contributed by atoms with E-state index >= 15 is 0 Å². The van der Waals surface area contributed by atoms with Gasteiger partial charge in [-0.15, -0.1) is 0 Å². The Morgan fingerprint density at radius 1 is 1.58 bits per heavy atom. The fourth-order valence-corrected chi connectivity index (χ4v) is 1.37. The van der Waals surface area contributed by atoms with Crippen molar-refractivity contribution in [3.05, 3.63) is 0 Å². The molecule has 0 amide bonds. The minimum atomic E-state index is -0.516. The molecule has 1 aliphatic rings. The lowest BCUT2D eigenvalue weighted by Gasteiger charge is -2.32. The number of esters is 1. The van der Waals surface area contributed by atoms with Crippen molar-refractivity contribution >= 4 is 11.8 Å². The van der Waals surface area contributed by atoms with Gasteiger partial charge in [-0.2, -0.15) is 0 Å². The fraction of sp³-hybridized carbons (Fsp3) is 0.778. The molecule has 1 atom stereocenters. The van der Waals surface area contributed by atoms with E-state index in [1.165, 1.54) is 6.92 Å². The van der Waals surface area contributed by atoms with Crippen molar-refractivity contribution in [3.63, 3.8) is 0 Å². The number of cyclic esters (lactones) is 1. The second-order valence-corrected chi connectivity index (χ2v) is 3.88. The van der Waals surface area contributed by atoms with Gasteiger partial charge >= 0.3 is 5.97 Å². The third-order valence-corrected chi connectivity index (χ3v) is 2.19. The number of hydrogen-bond donors (Lipinski definition) is 0. The predicted molar refractivity (Wildman–Crippen MR) is 43.6 cm³/mol. The van der Waals surface area contributed by atoms with Crippen LogP contribution in [0.25, 0.3) is 0 Å². The molecular weight excluding hydrogens is 156 g/mol. The molecule has 3 heteroatoms. The van der Waals surface area contributed by atoms with Crippen molar-refractivity contribution in [2.75, 3.05) is 0 Å². The second-order valence-electron chi connectivity index (χ2n) is 3.88. The van der Waals surface area contributed by atoms with E-state index in [2.05, 4.69) is 0 Å². The first-order valence-electron chi connectivity index (χ1n) is 4.16. The number of Topliss-reactive ketones (excluding diaryl/α,β-unsaturated/α-hetero) is 1. The van der Waals surface area contributed by atoms with E-state index in [4.69, 9.17) is 4.74 Å². The van der Waals surface area contributed by atoms with Crippen molar-refractivity contribution in [1.29, 1.82) is 0 Å². The molecule has 3 nitrogen and oxygen atoms in total. The molecule has 0 aliphatic carbocycles. The summed E-state index contributed by atoms with van der Waals surface area (Å²) in [6, 6.07) is 0. The lowest BCUT2D eigenvalue weighted by atomic mass is 9.89. The van der Waals surface area contributed by atoms with Gasteiger partial charge < -0.3 is 4.74 Å². The number of rotatable bonds is 1. The zero-order valence-corrected chi connectivity index (χ0v) is 7.72. The number of carbonyl (C=O) groups excluding carboxylic acids is 2. The van der Waals surface area contributed by atoms with Gasteiger partial charge in [-0.1, -0.05) is 0 Å². The first-order chi connectivity index (χ1) is 5.42. The maximum atomic E-state index is 11.2. The highest BCUT2D eigenvalue weighted by Gasteiger charge is 2.37. The molecule has 1 rings (SSSR count). The first kappa shape index (κ1) is 9.23. The van der Waals surface area contributed by atoms with Crippen molar-refractivity contribution in [1.82, 2.24) is 0 Å². The van der Waals surface area contributed by atoms with Gasteiger partial charge in [0.1, 0.15) is 17.3 Å². The summed E-state index contributed by atoms with van der Waals surface area (Å²) in [6.45, 7) is 5.16. The molecule has 0 aromatic carbocycles. The van der Waals surface area contributed by atoms with Crippen LogP contribution in [-0.2, 0) is 14.3 Å². The zero-order valence-electron chi connectivity index (χ0n) is 7.72. The third kappa shape index (κ3) is 1.84. The van der Waals surface area contributed by atoms with Crippen LogP contribution in [0.2, 0.25) is 0 Å². The minimum Gasteiger partial charge on any atom is -0.459 e. The highest BCUT2D eigenvalue weighted by Crippen LogP contribution is 2.28. The Morgan fingerprint density at radius 2 is 2.17 bits per heavy atom. The highest BCUT2D eigenvalue weighted by atomic mass is 16.6. The van der Waals surface area contributed by atoms with Gasteiger partial charge in [0.25, 0.3) is 0 Å². The SMILES string of the molecule is CC(=O)C1CCC(C)(C)OC1=O. The maximum Gasteiger partial charge on any atom is 0.316 e. The maximum absolute atomic E-state index is 11.2. The van der Waals surface area contributed by atoms with Gasteiger partial charge in [0, 0.05) is 0 Å². The Morgan fingerprint density at radius 3 is 2.58 bits per heavy atom. The monoisotopic (exact) mass is 170 g/mol. The van der Waals surface area contributed by atoms with Crippen LogP contribution >= 0.6 is 0 Å². The Bertz CT molecular complexity index is 218. The van der Waals surface area contributed by atoms with Crippen molar-refractivity contribution in [2.45, 2.75) is 39.2 Å². The molecular formula is C9H14O3. The Balaban J connectivity index is 2.66. The molecule has 1 saturated heterocycles. The van der Waals surface area contributed by atoms with Crippen LogP contribution < -0.4 is 0 Å². The van der Waals surface area contributed by atoms with E-state index in [1.54, 1.807) is 0 Å². The van der Waals surface area contributed by atoms with Crippen molar-refractivity contribution < 1.29 is 14.3 Å². The predicted octanol–water partition coefficient (Wildman–Crippen LogP) is 1.31. The first-order valence-corrected chi connectivity index (χ1v) is 4.16. The van der Waals surface area contributed by atoms with Gasteiger partial charge in [-0.25, -0.2) is 0 Å². The van der Waals surface area contributed by atoms with Crippen LogP contribution in [-0.4, -0.2) is 17.4 Å². The number of hydrogen-bond acceptors (Lipinski definition) is 3. The summed E-state index contributed by atoms with van der Waals surface area (Å²) < 4.78 is 5.09. The van der Waals surface area contributed by atoms with Crippen LogP contribution in [0.15, 0.2) is 0 Å². The second kappa shape index (κ2) is 2.88.